The van der Waals surface area contributed by atoms with Crippen molar-refractivity contribution in [2.75, 3.05) is 26.8 Å². The van der Waals surface area contributed by atoms with Gasteiger partial charge in [-0.2, -0.15) is 0 Å². The van der Waals surface area contributed by atoms with Crippen LogP contribution in [0.5, 0.6) is 0 Å². The van der Waals surface area contributed by atoms with Gasteiger partial charge in [0.1, 0.15) is 0 Å². The first-order valence-electron chi connectivity index (χ1n) is 7.62. The first-order valence-corrected chi connectivity index (χ1v) is 7.62. The average molecular weight is 256 g/mol. The summed E-state index contributed by atoms with van der Waals surface area (Å²) in [7, 11) is 1.79. The minimum atomic E-state index is 0.225. The molecule has 0 bridgehead atoms. The molecule has 0 saturated heterocycles. The van der Waals surface area contributed by atoms with Gasteiger partial charge in [0.05, 0.1) is 6.61 Å². The van der Waals surface area contributed by atoms with Gasteiger partial charge in [-0.25, -0.2) is 0 Å². The van der Waals surface area contributed by atoms with Crippen LogP contribution in [0.2, 0.25) is 0 Å². The fourth-order valence-corrected chi connectivity index (χ4v) is 3.77. The van der Waals surface area contributed by atoms with Crippen molar-refractivity contribution in [3.8, 4) is 0 Å². The molecule has 2 N–H and O–H groups in total. The van der Waals surface area contributed by atoms with Gasteiger partial charge < -0.3 is 10.5 Å². The summed E-state index contributed by atoms with van der Waals surface area (Å²) in [5.41, 5.74) is 6.44. The fourth-order valence-electron chi connectivity index (χ4n) is 3.77. The highest BCUT2D eigenvalue weighted by Crippen LogP contribution is 2.42. The van der Waals surface area contributed by atoms with Crippen molar-refractivity contribution < 1.29 is 4.74 Å². The monoisotopic (exact) mass is 256 g/mol. The van der Waals surface area contributed by atoms with E-state index in [4.69, 9.17) is 10.5 Å². The van der Waals surface area contributed by atoms with E-state index < -0.39 is 0 Å². The van der Waals surface area contributed by atoms with Gasteiger partial charge in [-0.3, -0.25) is 4.90 Å². The molecule has 0 aromatic carbocycles. The predicted molar refractivity (Wildman–Crippen MR) is 77.8 cm³/mol. The van der Waals surface area contributed by atoms with Gasteiger partial charge in [0.2, 0.25) is 0 Å². The topological polar surface area (TPSA) is 38.5 Å². The third kappa shape index (κ3) is 3.06. The molecule has 1 saturated carbocycles. The van der Waals surface area contributed by atoms with Crippen molar-refractivity contribution in [2.45, 2.75) is 64.5 Å². The molecule has 3 heteroatoms. The maximum atomic E-state index is 6.22. The predicted octanol–water partition coefficient (Wildman–Crippen LogP) is 2.64. The largest absolute Gasteiger partial charge is 0.383 e. The summed E-state index contributed by atoms with van der Waals surface area (Å²) in [5.74, 6) is 0.758. The van der Waals surface area contributed by atoms with Crippen LogP contribution in [0.25, 0.3) is 0 Å². The summed E-state index contributed by atoms with van der Waals surface area (Å²) >= 11 is 0. The normalized spacial score (nSPS) is 30.0. The van der Waals surface area contributed by atoms with Crippen LogP contribution in [0.4, 0.5) is 0 Å². The van der Waals surface area contributed by atoms with Gasteiger partial charge in [0, 0.05) is 31.8 Å². The summed E-state index contributed by atoms with van der Waals surface area (Å²) in [5, 5.41) is 0. The second kappa shape index (κ2) is 7.46. The first-order chi connectivity index (χ1) is 8.66. The summed E-state index contributed by atoms with van der Waals surface area (Å²) < 4.78 is 5.30. The summed E-state index contributed by atoms with van der Waals surface area (Å²) in [4.78, 5) is 2.65. The number of hydrogen-bond donors (Lipinski definition) is 1. The number of methoxy groups -OCH3 is 1. The quantitative estimate of drug-likeness (QED) is 0.725. The lowest BCUT2D eigenvalue weighted by Gasteiger charge is -2.48. The minimum absolute atomic E-state index is 0.225. The Labute approximate surface area is 113 Å². The van der Waals surface area contributed by atoms with E-state index in [0.717, 1.165) is 25.6 Å². The zero-order chi connectivity index (χ0) is 13.6. The molecule has 0 radical (unpaired) electrons. The molecule has 1 aliphatic carbocycles. The molecule has 3 atom stereocenters. The molecule has 3 unspecified atom stereocenters. The Bertz CT molecular complexity index is 235. The molecule has 0 spiro atoms. The van der Waals surface area contributed by atoms with E-state index in [1.165, 1.54) is 32.1 Å². The number of nitrogens with two attached hydrogens (primary N) is 1. The fraction of sp³-hybridized carbons (Fsp3) is 1.00. The van der Waals surface area contributed by atoms with Crippen molar-refractivity contribution in [1.82, 2.24) is 4.90 Å². The Morgan fingerprint density at radius 1 is 1.44 bits per heavy atom. The molecule has 0 aromatic rings. The molecule has 0 heterocycles. The highest BCUT2D eigenvalue weighted by Gasteiger charge is 2.46. The van der Waals surface area contributed by atoms with E-state index in [0.29, 0.717) is 6.04 Å². The SMILES string of the molecule is CCC(C)N(CCOC)C1(CN)CCCC1CC. The average Bonchev–Trinajstić information content (AvgIpc) is 2.82. The van der Waals surface area contributed by atoms with Gasteiger partial charge in [-0.05, 0) is 32.1 Å². The van der Waals surface area contributed by atoms with Crippen LogP contribution < -0.4 is 5.73 Å². The number of rotatable bonds is 8. The lowest BCUT2D eigenvalue weighted by Crippen LogP contribution is -2.60. The second-order valence-corrected chi connectivity index (χ2v) is 5.75. The number of hydrogen-bond acceptors (Lipinski definition) is 3. The standard InChI is InChI=1S/C15H32N2O/c1-5-13(3)17(10-11-18-4)15(12-16)9-7-8-14(15)6-2/h13-14H,5-12,16H2,1-4H3. The van der Waals surface area contributed by atoms with Gasteiger partial charge >= 0.3 is 0 Å². The van der Waals surface area contributed by atoms with Crippen molar-refractivity contribution in [1.29, 1.82) is 0 Å². The van der Waals surface area contributed by atoms with Crippen LogP contribution in [-0.2, 0) is 4.74 Å². The molecule has 1 aliphatic rings. The van der Waals surface area contributed by atoms with Gasteiger partial charge in [0.15, 0.2) is 0 Å². The van der Waals surface area contributed by atoms with Crippen LogP contribution in [0, 0.1) is 5.92 Å². The molecule has 1 rings (SSSR count). The van der Waals surface area contributed by atoms with E-state index in [1.807, 2.05) is 0 Å². The summed E-state index contributed by atoms with van der Waals surface area (Å²) in [6.45, 7) is 9.52. The minimum Gasteiger partial charge on any atom is -0.383 e. The Kier molecular flexibility index (Phi) is 6.61. The summed E-state index contributed by atoms with van der Waals surface area (Å²) in [6, 6.07) is 0.593. The van der Waals surface area contributed by atoms with Crippen LogP contribution in [0.15, 0.2) is 0 Å². The van der Waals surface area contributed by atoms with E-state index in [9.17, 15) is 0 Å². The van der Waals surface area contributed by atoms with Gasteiger partial charge in [0.25, 0.3) is 0 Å². The van der Waals surface area contributed by atoms with Crippen molar-refractivity contribution in [2.24, 2.45) is 11.7 Å². The van der Waals surface area contributed by atoms with E-state index >= 15 is 0 Å². The smallest absolute Gasteiger partial charge is 0.0590 e. The molecule has 0 amide bonds. The third-order valence-electron chi connectivity index (χ3n) is 5.00. The van der Waals surface area contributed by atoms with Crippen molar-refractivity contribution in [3.05, 3.63) is 0 Å². The van der Waals surface area contributed by atoms with Gasteiger partial charge in [-0.15, -0.1) is 0 Å². The lowest BCUT2D eigenvalue weighted by atomic mass is 9.82. The summed E-state index contributed by atoms with van der Waals surface area (Å²) in [6.07, 6.45) is 6.36. The van der Waals surface area contributed by atoms with Crippen molar-refractivity contribution >= 4 is 0 Å². The Hall–Kier alpha value is -0.120. The Balaban J connectivity index is 2.90. The zero-order valence-corrected chi connectivity index (χ0v) is 12.7. The number of ether oxygens (including phenoxy) is 1. The van der Waals surface area contributed by atoms with E-state index in [-0.39, 0.29) is 5.54 Å². The molecular weight excluding hydrogens is 224 g/mol. The first kappa shape index (κ1) is 15.9. The highest BCUT2D eigenvalue weighted by atomic mass is 16.5. The molecule has 0 aromatic heterocycles. The number of nitrogens with zero attached hydrogens (tertiary/aromatic N) is 1. The van der Waals surface area contributed by atoms with Crippen LogP contribution >= 0.6 is 0 Å². The van der Waals surface area contributed by atoms with Crippen LogP contribution in [0.3, 0.4) is 0 Å². The second-order valence-electron chi connectivity index (χ2n) is 5.75. The van der Waals surface area contributed by atoms with E-state index in [1.54, 1.807) is 7.11 Å². The maximum absolute atomic E-state index is 6.22. The zero-order valence-electron chi connectivity index (χ0n) is 12.7. The van der Waals surface area contributed by atoms with Crippen LogP contribution in [0.1, 0.15) is 52.9 Å². The van der Waals surface area contributed by atoms with Crippen molar-refractivity contribution in [3.63, 3.8) is 0 Å². The van der Waals surface area contributed by atoms with Gasteiger partial charge in [-0.1, -0.05) is 26.7 Å². The molecule has 108 valence electrons. The Morgan fingerprint density at radius 3 is 2.67 bits per heavy atom. The maximum Gasteiger partial charge on any atom is 0.0590 e. The molecular formula is C15H32N2O. The molecule has 3 nitrogen and oxygen atoms in total. The highest BCUT2D eigenvalue weighted by molar-refractivity contribution is 5.02. The van der Waals surface area contributed by atoms with Crippen LogP contribution in [-0.4, -0.2) is 43.3 Å². The van der Waals surface area contributed by atoms with E-state index in [2.05, 4.69) is 25.7 Å². The molecule has 0 aliphatic heterocycles. The molecule has 18 heavy (non-hydrogen) atoms. The lowest BCUT2D eigenvalue weighted by molar-refractivity contribution is 0.00186. The Morgan fingerprint density at radius 2 is 2.17 bits per heavy atom. The molecule has 1 fully saturated rings. The third-order valence-corrected chi connectivity index (χ3v) is 5.00.